The minimum absolute atomic E-state index is 0.0702. The summed E-state index contributed by atoms with van der Waals surface area (Å²) in [6, 6.07) is 0. The van der Waals surface area contributed by atoms with Crippen LogP contribution in [0, 0.1) is 0 Å². The van der Waals surface area contributed by atoms with E-state index in [9.17, 15) is 9.13 Å². The molecule has 0 aliphatic carbocycles. The van der Waals surface area contributed by atoms with Crippen LogP contribution < -0.4 is 5.32 Å². The van der Waals surface area contributed by atoms with Gasteiger partial charge in [0.15, 0.2) is 0 Å². The third-order valence-corrected chi connectivity index (χ3v) is 7.18. The third-order valence-electron chi connectivity index (χ3n) is 3.12. The van der Waals surface area contributed by atoms with Crippen LogP contribution in [0.3, 0.4) is 0 Å². The van der Waals surface area contributed by atoms with E-state index >= 15 is 0 Å². The second-order valence-corrected chi connectivity index (χ2v) is 8.72. The molecule has 0 spiro atoms. The molecular weight excluding hydrogens is 364 g/mol. The van der Waals surface area contributed by atoms with Gasteiger partial charge in [0.05, 0.1) is 32.2 Å². The lowest BCUT2D eigenvalue weighted by molar-refractivity contribution is 0.221. The SMILES string of the molecule is CCOP(=O)(/C=C(\NC=C(CC)CC)P(=O)(OCC)OCC)OCC. The maximum absolute atomic E-state index is 13.2. The Kier molecular flexibility index (Phi) is 12.6. The Hall–Kier alpha value is -0.420. The predicted octanol–water partition coefficient (Wildman–Crippen LogP) is 5.61. The Morgan fingerprint density at radius 2 is 1.24 bits per heavy atom. The average Bonchev–Trinajstić information content (AvgIpc) is 2.55. The molecule has 0 aliphatic rings. The molecule has 0 heterocycles. The molecule has 7 nitrogen and oxygen atoms in total. The fraction of sp³-hybridized carbons (Fsp3) is 0.750. The van der Waals surface area contributed by atoms with E-state index in [0.717, 1.165) is 18.4 Å². The largest absolute Gasteiger partial charge is 0.377 e. The maximum atomic E-state index is 13.2. The first-order chi connectivity index (χ1) is 11.8. The van der Waals surface area contributed by atoms with Crippen LogP contribution in [-0.4, -0.2) is 26.4 Å². The lowest BCUT2D eigenvalue weighted by Crippen LogP contribution is -2.12. The molecule has 25 heavy (non-hydrogen) atoms. The Labute approximate surface area is 152 Å². The van der Waals surface area contributed by atoms with Crippen molar-refractivity contribution in [3.8, 4) is 0 Å². The Morgan fingerprint density at radius 1 is 0.800 bits per heavy atom. The molecule has 0 aliphatic heterocycles. The molecule has 0 atom stereocenters. The van der Waals surface area contributed by atoms with Gasteiger partial charge in [0.25, 0.3) is 0 Å². The van der Waals surface area contributed by atoms with Gasteiger partial charge in [-0.05, 0) is 40.5 Å². The standard InChI is InChI=1S/C16H33NO6P2/c1-7-15(8-2)13-17-16(25(19,22-11-5)23-12-6)14-24(18,20-9-3)21-10-4/h13-14,17H,7-12H2,1-6H3/b16-14+. The van der Waals surface area contributed by atoms with Gasteiger partial charge in [-0.25, -0.2) is 0 Å². The van der Waals surface area contributed by atoms with Gasteiger partial charge in [-0.15, -0.1) is 0 Å². The van der Waals surface area contributed by atoms with Gasteiger partial charge < -0.3 is 23.4 Å². The maximum Gasteiger partial charge on any atom is 0.377 e. The molecule has 0 saturated carbocycles. The summed E-state index contributed by atoms with van der Waals surface area (Å²) in [5.41, 5.74) is 1.17. The normalized spacial score (nSPS) is 13.0. The second-order valence-electron chi connectivity index (χ2n) is 4.88. The summed E-state index contributed by atoms with van der Waals surface area (Å²) in [7, 11) is -7.26. The summed E-state index contributed by atoms with van der Waals surface area (Å²) < 4.78 is 47.3. The highest BCUT2D eigenvalue weighted by molar-refractivity contribution is 7.62. The first-order valence-electron chi connectivity index (χ1n) is 8.80. The van der Waals surface area contributed by atoms with Crippen LogP contribution in [0.25, 0.3) is 0 Å². The quantitative estimate of drug-likeness (QED) is 0.381. The molecule has 1 N–H and O–H groups in total. The Morgan fingerprint density at radius 3 is 1.60 bits per heavy atom. The predicted molar refractivity (Wildman–Crippen MR) is 102 cm³/mol. The summed E-state index contributed by atoms with van der Waals surface area (Å²) in [6.45, 7) is 11.7. The lowest BCUT2D eigenvalue weighted by Gasteiger charge is -2.22. The lowest BCUT2D eigenvalue weighted by atomic mass is 10.2. The number of hydrogen-bond acceptors (Lipinski definition) is 7. The van der Waals surface area contributed by atoms with Gasteiger partial charge >= 0.3 is 15.2 Å². The van der Waals surface area contributed by atoms with Crippen molar-refractivity contribution in [1.29, 1.82) is 0 Å². The van der Waals surface area contributed by atoms with E-state index < -0.39 is 15.2 Å². The molecule has 0 radical (unpaired) electrons. The van der Waals surface area contributed by atoms with E-state index in [1.807, 2.05) is 13.8 Å². The van der Waals surface area contributed by atoms with Gasteiger partial charge in [-0.2, -0.15) is 0 Å². The van der Waals surface area contributed by atoms with Crippen LogP contribution in [0.2, 0.25) is 0 Å². The Bertz CT molecular complexity index is 507. The number of nitrogens with one attached hydrogen (secondary N) is 1. The molecule has 0 saturated heterocycles. The van der Waals surface area contributed by atoms with Crippen molar-refractivity contribution in [1.82, 2.24) is 5.32 Å². The van der Waals surface area contributed by atoms with E-state index in [1.165, 1.54) is 5.82 Å². The molecule has 0 fully saturated rings. The topological polar surface area (TPSA) is 83.1 Å². The van der Waals surface area contributed by atoms with Gasteiger partial charge in [0, 0.05) is 6.20 Å². The number of allylic oxidation sites excluding steroid dienone is 1. The Balaban J connectivity index is 6.02. The van der Waals surface area contributed by atoms with Crippen molar-refractivity contribution < 1.29 is 27.2 Å². The van der Waals surface area contributed by atoms with E-state index in [1.54, 1.807) is 33.9 Å². The molecule has 0 amide bonds. The summed E-state index contributed by atoms with van der Waals surface area (Å²) in [5.74, 6) is 1.21. The van der Waals surface area contributed by atoms with Crippen LogP contribution in [0.5, 0.6) is 0 Å². The molecule has 9 heteroatoms. The molecule has 0 aromatic rings. The summed E-state index contributed by atoms with van der Waals surface area (Å²) in [4.78, 5) is 0. The third kappa shape index (κ3) is 8.67. The van der Waals surface area contributed by atoms with Crippen molar-refractivity contribution in [3.63, 3.8) is 0 Å². The monoisotopic (exact) mass is 397 g/mol. The van der Waals surface area contributed by atoms with E-state index in [0.29, 0.717) is 0 Å². The zero-order valence-electron chi connectivity index (χ0n) is 16.2. The highest BCUT2D eigenvalue weighted by Crippen LogP contribution is 2.60. The fourth-order valence-corrected chi connectivity index (χ4v) is 5.52. The van der Waals surface area contributed by atoms with Gasteiger partial charge in [0.1, 0.15) is 5.44 Å². The molecule has 0 aromatic heterocycles. The first kappa shape index (κ1) is 24.6. The van der Waals surface area contributed by atoms with Crippen molar-refractivity contribution in [3.05, 3.63) is 23.0 Å². The molecule has 0 rings (SSSR count). The zero-order chi connectivity index (χ0) is 19.3. The number of rotatable bonds is 14. The van der Waals surface area contributed by atoms with Gasteiger partial charge in [-0.3, -0.25) is 9.13 Å². The van der Waals surface area contributed by atoms with Crippen molar-refractivity contribution in [2.45, 2.75) is 54.4 Å². The smallest absolute Gasteiger partial charge is 0.355 e. The zero-order valence-corrected chi connectivity index (χ0v) is 18.0. The van der Waals surface area contributed by atoms with Crippen molar-refractivity contribution in [2.24, 2.45) is 0 Å². The molecular formula is C16H33NO6P2. The molecule has 148 valence electrons. The minimum atomic E-state index is -3.68. The average molecular weight is 397 g/mol. The van der Waals surface area contributed by atoms with E-state index in [-0.39, 0.29) is 31.9 Å². The summed E-state index contributed by atoms with van der Waals surface area (Å²) >= 11 is 0. The van der Waals surface area contributed by atoms with Crippen LogP contribution in [0.1, 0.15) is 54.4 Å². The highest BCUT2D eigenvalue weighted by atomic mass is 31.2. The molecule has 0 aromatic carbocycles. The van der Waals surface area contributed by atoms with Crippen LogP contribution in [0.15, 0.2) is 23.0 Å². The highest BCUT2D eigenvalue weighted by Gasteiger charge is 2.34. The number of hydrogen-bond donors (Lipinski definition) is 1. The summed E-state index contributed by atoms with van der Waals surface area (Å²) in [6.07, 6.45) is 3.40. The summed E-state index contributed by atoms with van der Waals surface area (Å²) in [5, 5.41) is 2.96. The second kappa shape index (κ2) is 12.9. The van der Waals surface area contributed by atoms with Crippen LogP contribution in [-0.2, 0) is 27.2 Å². The van der Waals surface area contributed by atoms with Gasteiger partial charge in [0.2, 0.25) is 0 Å². The first-order valence-corrected chi connectivity index (χ1v) is 12.0. The minimum Gasteiger partial charge on any atom is -0.355 e. The van der Waals surface area contributed by atoms with Crippen molar-refractivity contribution in [2.75, 3.05) is 26.4 Å². The van der Waals surface area contributed by atoms with Crippen LogP contribution >= 0.6 is 15.2 Å². The van der Waals surface area contributed by atoms with Crippen LogP contribution in [0.4, 0.5) is 0 Å². The molecule has 0 unspecified atom stereocenters. The van der Waals surface area contributed by atoms with E-state index in [2.05, 4.69) is 5.32 Å². The van der Waals surface area contributed by atoms with Crippen molar-refractivity contribution >= 4 is 15.2 Å². The molecule has 0 bridgehead atoms. The van der Waals surface area contributed by atoms with Gasteiger partial charge in [-0.1, -0.05) is 19.4 Å². The van der Waals surface area contributed by atoms with E-state index in [4.69, 9.17) is 18.1 Å². The fourth-order valence-electron chi connectivity index (χ4n) is 1.95.